The zero-order chi connectivity index (χ0) is 10.8. The SMILES string of the molecule is CC(C)(C)C(CC(=O)O)c1cn[nH]c1. The third-order valence-corrected chi connectivity index (χ3v) is 2.35. The Morgan fingerprint density at radius 3 is 2.64 bits per heavy atom. The minimum absolute atomic E-state index is 0.00116. The van der Waals surface area contributed by atoms with Crippen molar-refractivity contribution in [1.82, 2.24) is 10.2 Å². The first kappa shape index (κ1) is 10.8. The summed E-state index contributed by atoms with van der Waals surface area (Å²) >= 11 is 0. The van der Waals surface area contributed by atoms with E-state index in [-0.39, 0.29) is 17.8 Å². The molecule has 78 valence electrons. The number of hydrogen-bond acceptors (Lipinski definition) is 2. The second-order valence-corrected chi connectivity index (χ2v) is 4.55. The first-order chi connectivity index (χ1) is 6.41. The number of carboxylic acids is 1. The summed E-state index contributed by atoms with van der Waals surface area (Å²) in [6.45, 7) is 6.11. The van der Waals surface area contributed by atoms with Crippen LogP contribution in [-0.2, 0) is 4.79 Å². The molecular weight excluding hydrogens is 180 g/mol. The van der Waals surface area contributed by atoms with Crippen molar-refractivity contribution in [1.29, 1.82) is 0 Å². The van der Waals surface area contributed by atoms with Crippen LogP contribution < -0.4 is 0 Å². The fraction of sp³-hybridized carbons (Fsp3) is 0.600. The van der Waals surface area contributed by atoms with E-state index in [1.54, 1.807) is 12.4 Å². The summed E-state index contributed by atoms with van der Waals surface area (Å²) < 4.78 is 0. The molecule has 0 amide bonds. The molecule has 0 saturated heterocycles. The molecule has 0 spiro atoms. The molecule has 1 atom stereocenters. The number of aromatic nitrogens is 2. The molecule has 0 aliphatic rings. The van der Waals surface area contributed by atoms with Crippen LogP contribution in [0.5, 0.6) is 0 Å². The number of aliphatic carboxylic acids is 1. The van der Waals surface area contributed by atoms with E-state index in [2.05, 4.69) is 10.2 Å². The van der Waals surface area contributed by atoms with Gasteiger partial charge >= 0.3 is 5.97 Å². The Balaban J connectivity index is 2.89. The van der Waals surface area contributed by atoms with Gasteiger partial charge in [0.15, 0.2) is 0 Å². The molecule has 0 saturated carbocycles. The zero-order valence-corrected chi connectivity index (χ0v) is 8.74. The average Bonchev–Trinajstić information content (AvgIpc) is 2.49. The lowest BCUT2D eigenvalue weighted by atomic mass is 9.75. The van der Waals surface area contributed by atoms with E-state index in [0.29, 0.717) is 0 Å². The Morgan fingerprint density at radius 2 is 2.29 bits per heavy atom. The Hall–Kier alpha value is -1.32. The number of aromatic amines is 1. The van der Waals surface area contributed by atoms with Crippen LogP contribution in [0.1, 0.15) is 38.7 Å². The van der Waals surface area contributed by atoms with Gasteiger partial charge in [-0.2, -0.15) is 5.10 Å². The van der Waals surface area contributed by atoms with Crippen LogP contribution in [0.4, 0.5) is 0 Å². The molecule has 14 heavy (non-hydrogen) atoms. The van der Waals surface area contributed by atoms with Gasteiger partial charge in [0.2, 0.25) is 0 Å². The van der Waals surface area contributed by atoms with E-state index in [1.807, 2.05) is 20.8 Å². The average molecular weight is 196 g/mol. The predicted molar refractivity (Wildman–Crippen MR) is 53.0 cm³/mol. The summed E-state index contributed by atoms with van der Waals surface area (Å²) in [5.41, 5.74) is 0.891. The van der Waals surface area contributed by atoms with Crippen molar-refractivity contribution in [3.63, 3.8) is 0 Å². The third kappa shape index (κ3) is 2.58. The first-order valence-electron chi connectivity index (χ1n) is 4.61. The fourth-order valence-electron chi connectivity index (χ4n) is 1.55. The van der Waals surface area contributed by atoms with Gasteiger partial charge in [0.25, 0.3) is 0 Å². The molecule has 0 aliphatic carbocycles. The number of nitrogens with zero attached hydrogens (tertiary/aromatic N) is 1. The molecule has 0 fully saturated rings. The summed E-state index contributed by atoms with van der Waals surface area (Å²) in [4.78, 5) is 10.7. The molecule has 2 N–H and O–H groups in total. The highest BCUT2D eigenvalue weighted by Gasteiger charge is 2.28. The molecular formula is C10H16N2O2. The summed E-state index contributed by atoms with van der Waals surface area (Å²) in [5.74, 6) is -0.773. The molecule has 4 nitrogen and oxygen atoms in total. The highest BCUT2D eigenvalue weighted by Crippen LogP contribution is 2.37. The minimum atomic E-state index is -0.772. The normalized spacial score (nSPS) is 13.9. The van der Waals surface area contributed by atoms with Crippen LogP contribution in [0.25, 0.3) is 0 Å². The van der Waals surface area contributed by atoms with Gasteiger partial charge in [0.1, 0.15) is 0 Å². The zero-order valence-electron chi connectivity index (χ0n) is 8.74. The number of rotatable bonds is 3. The van der Waals surface area contributed by atoms with Gasteiger partial charge in [-0.25, -0.2) is 0 Å². The van der Waals surface area contributed by atoms with E-state index in [4.69, 9.17) is 5.11 Å². The van der Waals surface area contributed by atoms with Crippen LogP contribution in [-0.4, -0.2) is 21.3 Å². The van der Waals surface area contributed by atoms with Gasteiger partial charge in [-0.3, -0.25) is 9.89 Å². The molecule has 0 bridgehead atoms. The number of hydrogen-bond donors (Lipinski definition) is 2. The van der Waals surface area contributed by atoms with Gasteiger partial charge in [-0.05, 0) is 11.0 Å². The first-order valence-corrected chi connectivity index (χ1v) is 4.61. The standard InChI is InChI=1S/C10H16N2O2/c1-10(2,3)8(4-9(13)14)7-5-11-12-6-7/h5-6,8H,4H2,1-3H3,(H,11,12)(H,13,14). The lowest BCUT2D eigenvalue weighted by molar-refractivity contribution is -0.138. The highest BCUT2D eigenvalue weighted by atomic mass is 16.4. The molecule has 0 aromatic carbocycles. The summed E-state index contributed by atoms with van der Waals surface area (Å²) in [6.07, 6.45) is 3.60. The van der Waals surface area contributed by atoms with E-state index >= 15 is 0 Å². The van der Waals surface area contributed by atoms with Gasteiger partial charge in [0, 0.05) is 12.1 Å². The predicted octanol–water partition coefficient (Wildman–Crippen LogP) is 2.01. The van der Waals surface area contributed by atoms with Crippen LogP contribution in [0.15, 0.2) is 12.4 Å². The Kier molecular flexibility index (Phi) is 2.93. The lowest BCUT2D eigenvalue weighted by Crippen LogP contribution is -2.21. The topological polar surface area (TPSA) is 66.0 Å². The smallest absolute Gasteiger partial charge is 0.303 e. The quantitative estimate of drug-likeness (QED) is 0.777. The highest BCUT2D eigenvalue weighted by molar-refractivity contribution is 5.68. The van der Waals surface area contributed by atoms with Crippen molar-refractivity contribution >= 4 is 5.97 Å². The van der Waals surface area contributed by atoms with E-state index < -0.39 is 5.97 Å². The molecule has 1 rings (SSSR count). The van der Waals surface area contributed by atoms with Gasteiger partial charge in [-0.15, -0.1) is 0 Å². The molecule has 0 radical (unpaired) electrons. The van der Waals surface area contributed by atoms with E-state index in [1.165, 1.54) is 0 Å². The van der Waals surface area contributed by atoms with Crippen molar-refractivity contribution in [2.75, 3.05) is 0 Å². The second kappa shape index (κ2) is 3.82. The van der Waals surface area contributed by atoms with Crippen molar-refractivity contribution in [3.8, 4) is 0 Å². The third-order valence-electron chi connectivity index (χ3n) is 2.35. The summed E-state index contributed by atoms with van der Waals surface area (Å²) in [5, 5.41) is 15.4. The monoisotopic (exact) mass is 196 g/mol. The van der Waals surface area contributed by atoms with Crippen molar-refractivity contribution in [2.45, 2.75) is 33.1 Å². The molecule has 0 aliphatic heterocycles. The van der Waals surface area contributed by atoms with Gasteiger partial charge in [0.05, 0.1) is 12.6 Å². The lowest BCUT2D eigenvalue weighted by Gasteiger charge is -2.28. The second-order valence-electron chi connectivity index (χ2n) is 4.55. The van der Waals surface area contributed by atoms with E-state index in [0.717, 1.165) is 5.56 Å². The Bertz CT molecular complexity index is 298. The Labute approximate surface area is 83.3 Å². The maximum absolute atomic E-state index is 10.7. The Morgan fingerprint density at radius 1 is 1.64 bits per heavy atom. The van der Waals surface area contributed by atoms with Crippen LogP contribution in [0.3, 0.4) is 0 Å². The van der Waals surface area contributed by atoms with E-state index in [9.17, 15) is 4.79 Å². The van der Waals surface area contributed by atoms with Gasteiger partial charge < -0.3 is 5.11 Å². The molecule has 4 heteroatoms. The minimum Gasteiger partial charge on any atom is -0.481 e. The van der Waals surface area contributed by atoms with Crippen LogP contribution in [0.2, 0.25) is 0 Å². The maximum atomic E-state index is 10.7. The van der Waals surface area contributed by atoms with Gasteiger partial charge in [-0.1, -0.05) is 20.8 Å². The fourth-order valence-corrected chi connectivity index (χ4v) is 1.55. The molecule has 1 aromatic heterocycles. The largest absolute Gasteiger partial charge is 0.481 e. The number of carbonyl (C=O) groups is 1. The molecule has 1 unspecified atom stereocenters. The van der Waals surface area contributed by atoms with Crippen LogP contribution >= 0.6 is 0 Å². The number of H-pyrrole nitrogens is 1. The maximum Gasteiger partial charge on any atom is 0.303 e. The molecule has 1 aromatic rings. The van der Waals surface area contributed by atoms with Crippen molar-refractivity contribution in [2.24, 2.45) is 5.41 Å². The summed E-state index contributed by atoms with van der Waals surface area (Å²) in [6, 6.07) is 0. The molecule has 1 heterocycles. The van der Waals surface area contributed by atoms with Crippen molar-refractivity contribution < 1.29 is 9.90 Å². The number of carboxylic acid groups (broad SMARTS) is 1. The number of nitrogens with one attached hydrogen (secondary N) is 1. The summed E-state index contributed by atoms with van der Waals surface area (Å²) in [7, 11) is 0. The van der Waals surface area contributed by atoms with Crippen molar-refractivity contribution in [3.05, 3.63) is 18.0 Å². The van der Waals surface area contributed by atoms with Crippen LogP contribution in [0, 0.1) is 5.41 Å².